The number of piperazine rings is 1. The van der Waals surface area contributed by atoms with Gasteiger partial charge >= 0.3 is 50.8 Å². The average Bonchev–Trinajstić information content (AvgIpc) is 2.13. The summed E-state index contributed by atoms with van der Waals surface area (Å²) < 4.78 is 192. The van der Waals surface area contributed by atoms with E-state index in [2.05, 4.69) is 62.2 Å². The van der Waals surface area contributed by atoms with Crippen LogP contribution < -0.4 is 36.1 Å². The molecule has 39 heteroatoms. The number of carboxylic acid groups (broad SMARTS) is 1. The van der Waals surface area contributed by atoms with Crippen LogP contribution in [0.4, 0.5) is 65.1 Å². The zero-order chi connectivity index (χ0) is 83.0. The van der Waals surface area contributed by atoms with E-state index in [0.29, 0.717) is 106 Å². The molecule has 3 aliphatic rings. The molecule has 0 spiro atoms. The molecule has 6 aromatic rings. The van der Waals surface area contributed by atoms with Gasteiger partial charge in [-0.05, 0) is 125 Å². The molecule has 113 heavy (non-hydrogen) atoms. The van der Waals surface area contributed by atoms with Crippen molar-refractivity contribution in [2.45, 2.75) is 160 Å². The van der Waals surface area contributed by atoms with E-state index in [4.69, 9.17) is 14.0 Å². The number of amides is 5. The first-order valence-electron chi connectivity index (χ1n) is 35.1. The van der Waals surface area contributed by atoms with Crippen LogP contribution in [0.5, 0.6) is 5.75 Å². The summed E-state index contributed by atoms with van der Waals surface area (Å²) in [7, 11) is -4.11. The van der Waals surface area contributed by atoms with Crippen LogP contribution in [0.3, 0.4) is 0 Å². The van der Waals surface area contributed by atoms with Gasteiger partial charge in [0, 0.05) is 83.7 Å². The molecule has 9 rings (SSSR count). The van der Waals surface area contributed by atoms with E-state index in [0.717, 1.165) is 45.4 Å². The van der Waals surface area contributed by atoms with Gasteiger partial charge in [0.2, 0.25) is 17.8 Å². The summed E-state index contributed by atoms with van der Waals surface area (Å²) in [6, 6.07) is 9.45. The molecular formula is C74H83F10N12O16P. The van der Waals surface area contributed by atoms with Crippen LogP contribution in [-0.2, 0) is 78.7 Å². The standard InChI is InChI=1S/C74H83F10N12O16P/c1-40-23-46(30-58(97)87-47-12-10-11-43(25-47)27-59(98)99)61(56(24-40)112-113(105,106)107)70(2,3)31-60(100)111-57(37-94(92-65(102)63(90-69(104)109-9)72(6,7)74(82,83)84)36-51-52(75)28-45(29-53(51)76)54-21-22-95(91-54)66(77)78)55(88-64(101)62(89-68(103)108-8)71(4,5)73(79,80)81)26-42-16-13-41(14-17-42)15-18-44-32-85-67(86-33-44)93-34-48-19-20-49(35-93)96(48)50-38-110-39-50/h10-14,16-17,21-25,28-29,32-33,48-50,55,57,62-63,66H,19-20,26-27,30-31,34-39H2,1-9H3,(H,87,97)(H,88,101)(H,89,103)(H,90,104)(H,92,102)(H,98,99)(H2,105,106,107)/t48?,49?,55-,57-,62+,63+/m0/s1. The quantitative estimate of drug-likeness (QED) is 0.00519. The number of anilines is 2. The Balaban J connectivity index is 1.17. The number of carbonyl (C=O) groups is 7. The summed E-state index contributed by atoms with van der Waals surface area (Å²) in [5, 5.41) is 22.1. The van der Waals surface area contributed by atoms with Crippen molar-refractivity contribution < 1.29 is 120 Å². The van der Waals surface area contributed by atoms with Gasteiger partial charge in [0.25, 0.3) is 5.91 Å². The third kappa shape index (κ3) is 21.9. The predicted molar refractivity (Wildman–Crippen MR) is 383 cm³/mol. The summed E-state index contributed by atoms with van der Waals surface area (Å²) in [5.74, 6) is -4.37. The number of phosphoric ester groups is 1. The third-order valence-corrected chi connectivity index (χ3v) is 20.1. The van der Waals surface area contributed by atoms with E-state index in [1.807, 2.05) is 5.32 Å². The van der Waals surface area contributed by atoms with Gasteiger partial charge in [0.1, 0.15) is 35.6 Å². The maximum Gasteiger partial charge on any atom is 0.524 e. The minimum atomic E-state index is -5.59. The lowest BCUT2D eigenvalue weighted by Crippen LogP contribution is -2.64. The normalized spacial score (nSPS) is 16.7. The summed E-state index contributed by atoms with van der Waals surface area (Å²) in [6.07, 6.45) is -13.4. The number of nitrogens with zero attached hydrogens (tertiary/aromatic N) is 7. The molecule has 610 valence electrons. The van der Waals surface area contributed by atoms with Crippen molar-refractivity contribution in [1.82, 2.24) is 51.0 Å². The lowest BCUT2D eigenvalue weighted by Gasteiger charge is -2.47. The van der Waals surface area contributed by atoms with E-state index in [9.17, 15) is 52.2 Å². The van der Waals surface area contributed by atoms with Gasteiger partial charge in [-0.1, -0.05) is 56.0 Å². The number of ether oxygens (including phenoxy) is 4. The number of aliphatic carboxylic acids is 1. The SMILES string of the molecule is COC(=O)N[C@H](C(=O)N[C@@H](Cc1ccc(C#Cc2cnc(N3CC4CCC(C3)N4C3COC3)nc2)cc1)[C@H](CN(Cc1c(F)cc(-c2ccn(C(F)F)n2)cc1F)NC(=O)[C@@H](NC(=O)OC)C(C)(C)C(F)(F)F)OC(=O)CC(C)(C)c1c(CC(=O)Nc2cccc(CC(=O)O)c2)cc(C)cc1OP(=O)(O)O)C(C)(C)C(F)(F)F. The van der Waals surface area contributed by atoms with E-state index in [-0.39, 0.29) is 38.2 Å². The lowest BCUT2D eigenvalue weighted by molar-refractivity contribution is -0.221. The number of rotatable bonds is 30. The predicted octanol–water partition coefficient (Wildman–Crippen LogP) is 9.52. The van der Waals surface area contributed by atoms with Crippen LogP contribution in [0.15, 0.2) is 97.5 Å². The fourth-order valence-electron chi connectivity index (χ4n) is 13.6. The van der Waals surface area contributed by atoms with Crippen LogP contribution in [0.25, 0.3) is 11.3 Å². The summed E-state index contributed by atoms with van der Waals surface area (Å²) in [4.78, 5) is 131. The molecule has 3 aliphatic heterocycles. The molecule has 3 saturated heterocycles. The van der Waals surface area contributed by atoms with Crippen LogP contribution in [0.1, 0.15) is 112 Å². The number of esters is 1. The van der Waals surface area contributed by atoms with E-state index in [1.54, 1.807) is 5.32 Å². The molecule has 0 saturated carbocycles. The number of alkyl carbamates (subject to hydrolysis) is 2. The van der Waals surface area contributed by atoms with Crippen LogP contribution in [-0.4, -0.2) is 188 Å². The zero-order valence-electron chi connectivity index (χ0n) is 62.3. The van der Waals surface area contributed by atoms with Crippen molar-refractivity contribution in [1.29, 1.82) is 0 Å². The van der Waals surface area contributed by atoms with Gasteiger partial charge in [0.15, 0.2) is 0 Å². The molecule has 5 heterocycles. The fraction of sp³-hybridized carbons (Fsp3) is 0.459. The van der Waals surface area contributed by atoms with Crippen molar-refractivity contribution in [3.8, 4) is 28.8 Å². The van der Waals surface area contributed by atoms with Gasteiger partial charge in [-0.3, -0.25) is 44.1 Å². The third-order valence-electron chi connectivity index (χ3n) is 19.6. The number of methoxy groups -OCH3 is 2. The molecule has 2 aromatic heterocycles. The highest BCUT2D eigenvalue weighted by atomic mass is 31.2. The number of nitrogens with one attached hydrogen (secondary N) is 5. The molecule has 3 fully saturated rings. The molecule has 4 aromatic carbocycles. The molecular weight excluding hydrogens is 1530 g/mol. The second kappa shape index (κ2) is 35.3. The van der Waals surface area contributed by atoms with Crippen molar-refractivity contribution in [3.05, 3.63) is 154 Å². The number of aromatic nitrogens is 4. The largest absolute Gasteiger partial charge is 0.524 e. The first-order valence-corrected chi connectivity index (χ1v) is 36.6. The van der Waals surface area contributed by atoms with Crippen molar-refractivity contribution in [2.75, 3.05) is 57.3 Å². The summed E-state index contributed by atoms with van der Waals surface area (Å²) >= 11 is 0. The number of halogens is 10. The van der Waals surface area contributed by atoms with Crippen LogP contribution in [0, 0.1) is 41.2 Å². The highest BCUT2D eigenvalue weighted by molar-refractivity contribution is 7.46. The minimum absolute atomic E-state index is 0.0716. The average molecular weight is 1620 g/mol. The van der Waals surface area contributed by atoms with Crippen molar-refractivity contribution in [3.63, 3.8) is 0 Å². The Morgan fingerprint density at radius 2 is 1.32 bits per heavy atom. The molecule has 5 amide bonds. The van der Waals surface area contributed by atoms with E-state index < -0.39 is 182 Å². The minimum Gasteiger partial charge on any atom is -0.481 e. The number of carboxylic acids is 1. The van der Waals surface area contributed by atoms with Gasteiger partial charge in [-0.25, -0.2) is 42.6 Å². The molecule has 0 radical (unpaired) electrons. The number of carbonyl (C=O) groups excluding carboxylic acids is 6. The Kier molecular flexibility index (Phi) is 27.0. The van der Waals surface area contributed by atoms with E-state index in [1.165, 1.54) is 87.8 Å². The van der Waals surface area contributed by atoms with Gasteiger partial charge in [-0.15, -0.1) is 0 Å². The number of benzene rings is 4. The number of fused-ring (bicyclic) bond motifs is 2. The molecule has 2 bridgehead atoms. The smallest absolute Gasteiger partial charge is 0.481 e. The van der Waals surface area contributed by atoms with Crippen LogP contribution in [0.2, 0.25) is 0 Å². The Bertz CT molecular complexity index is 4570. The van der Waals surface area contributed by atoms with Gasteiger partial charge < -0.3 is 54.7 Å². The Morgan fingerprint density at radius 3 is 1.85 bits per heavy atom. The van der Waals surface area contributed by atoms with Crippen molar-refractivity contribution in [2.24, 2.45) is 10.8 Å². The fourth-order valence-corrected chi connectivity index (χ4v) is 14.0. The molecule has 0 aliphatic carbocycles. The molecule has 8 N–H and O–H groups in total. The highest BCUT2D eigenvalue weighted by Crippen LogP contribution is 2.47. The second-order valence-electron chi connectivity index (χ2n) is 29.2. The van der Waals surface area contributed by atoms with Gasteiger partial charge in [0.05, 0.1) is 87.4 Å². The first kappa shape index (κ1) is 86.5. The van der Waals surface area contributed by atoms with Crippen LogP contribution >= 0.6 is 7.82 Å². The Labute approximate surface area is 641 Å². The molecule has 2 unspecified atom stereocenters. The summed E-state index contributed by atoms with van der Waals surface area (Å²) in [5.41, 5.74) is -7.37. The highest BCUT2D eigenvalue weighted by Gasteiger charge is 2.58. The maximum absolute atomic E-state index is 16.9. The zero-order valence-corrected chi connectivity index (χ0v) is 63.2. The Hall–Kier alpha value is -10.5. The second-order valence-corrected chi connectivity index (χ2v) is 30.4. The number of aryl methyl sites for hydroxylation is 1. The number of hydrogen-bond donors (Lipinski definition) is 8. The van der Waals surface area contributed by atoms with E-state index >= 15 is 44.7 Å². The molecule has 28 nitrogen and oxygen atoms in total. The number of hydrogen-bond acceptors (Lipinski definition) is 19. The first-order chi connectivity index (χ1) is 52.8. The lowest BCUT2D eigenvalue weighted by atomic mass is 9.77. The summed E-state index contributed by atoms with van der Waals surface area (Å²) in [6.45, 7) is 2.82. The maximum atomic E-state index is 16.9. The Morgan fingerprint density at radius 1 is 0.735 bits per heavy atom. The monoisotopic (exact) mass is 1620 g/mol. The number of phosphoric acid groups is 1. The number of hydrazine groups is 1. The molecule has 6 atom stereocenters. The van der Waals surface area contributed by atoms with Gasteiger partial charge in [-0.2, -0.15) is 40.2 Å². The topological polar surface area (TPSA) is 357 Å². The van der Waals surface area contributed by atoms with Crippen molar-refractivity contribution >= 4 is 61.3 Å². The number of alkyl halides is 8.